The molecular formula is C20H28N2O4. The van der Waals surface area contributed by atoms with E-state index < -0.39 is 0 Å². The van der Waals surface area contributed by atoms with Crippen molar-refractivity contribution in [2.75, 3.05) is 38.3 Å². The molecule has 3 aliphatic rings. The maximum atomic E-state index is 12.7. The van der Waals surface area contributed by atoms with Gasteiger partial charge in [0, 0.05) is 37.4 Å². The average molecular weight is 360 g/mol. The van der Waals surface area contributed by atoms with E-state index in [9.17, 15) is 4.79 Å². The number of amides is 2. The second kappa shape index (κ2) is 8.27. The molecule has 0 radical (unpaired) electrons. The summed E-state index contributed by atoms with van der Waals surface area (Å²) in [5.74, 6) is 1.27. The highest BCUT2D eigenvalue weighted by molar-refractivity contribution is 5.89. The minimum atomic E-state index is -0.00701. The number of urea groups is 1. The summed E-state index contributed by atoms with van der Waals surface area (Å²) in [6.07, 6.45) is 5.66. The first kappa shape index (κ1) is 17.6. The van der Waals surface area contributed by atoms with Gasteiger partial charge in [-0.3, -0.25) is 0 Å². The van der Waals surface area contributed by atoms with Gasteiger partial charge in [0.1, 0.15) is 12.4 Å². The number of carbonyl (C=O) groups is 1. The number of anilines is 1. The van der Waals surface area contributed by atoms with Crippen LogP contribution in [0.3, 0.4) is 0 Å². The Morgan fingerprint density at radius 3 is 2.65 bits per heavy atom. The summed E-state index contributed by atoms with van der Waals surface area (Å²) in [5.41, 5.74) is 0.799. The van der Waals surface area contributed by atoms with E-state index in [1.54, 1.807) is 0 Å². The molecule has 1 aromatic rings. The zero-order valence-electron chi connectivity index (χ0n) is 15.2. The molecule has 0 aromatic heterocycles. The maximum Gasteiger partial charge on any atom is 0.322 e. The van der Waals surface area contributed by atoms with Gasteiger partial charge in [-0.1, -0.05) is 0 Å². The van der Waals surface area contributed by atoms with E-state index in [1.165, 1.54) is 0 Å². The molecule has 1 aliphatic carbocycles. The Morgan fingerprint density at radius 1 is 1.15 bits per heavy atom. The predicted octanol–water partition coefficient (Wildman–Crippen LogP) is 3.28. The number of nitrogens with one attached hydrogen (secondary N) is 1. The van der Waals surface area contributed by atoms with Gasteiger partial charge in [0.05, 0.1) is 12.7 Å². The molecule has 0 unspecified atom stereocenters. The maximum absolute atomic E-state index is 12.7. The molecule has 2 atom stereocenters. The highest BCUT2D eigenvalue weighted by atomic mass is 16.5. The quantitative estimate of drug-likeness (QED) is 0.811. The Hall–Kier alpha value is -1.79. The average Bonchev–Trinajstić information content (AvgIpc) is 3.13. The predicted molar refractivity (Wildman–Crippen MR) is 98.6 cm³/mol. The second-order valence-electron chi connectivity index (χ2n) is 7.51. The van der Waals surface area contributed by atoms with Gasteiger partial charge in [-0.15, -0.1) is 0 Å². The van der Waals surface area contributed by atoms with Crippen molar-refractivity contribution in [1.29, 1.82) is 0 Å². The molecule has 2 aliphatic heterocycles. The zero-order chi connectivity index (χ0) is 17.8. The number of benzene rings is 1. The molecule has 1 N–H and O–H groups in total. The van der Waals surface area contributed by atoms with Crippen molar-refractivity contribution in [3.05, 3.63) is 24.3 Å². The fraction of sp³-hybridized carbons (Fsp3) is 0.650. The summed E-state index contributed by atoms with van der Waals surface area (Å²) in [7, 11) is 0. The van der Waals surface area contributed by atoms with Crippen molar-refractivity contribution in [3.63, 3.8) is 0 Å². The van der Waals surface area contributed by atoms with Crippen molar-refractivity contribution in [3.8, 4) is 5.75 Å². The van der Waals surface area contributed by atoms with E-state index in [4.69, 9.17) is 14.2 Å². The van der Waals surface area contributed by atoms with Crippen molar-refractivity contribution in [2.45, 2.75) is 44.2 Å². The summed E-state index contributed by atoms with van der Waals surface area (Å²) in [6.45, 7) is 3.80. The number of hydrogen-bond acceptors (Lipinski definition) is 4. The molecule has 142 valence electrons. The minimum absolute atomic E-state index is 0.00701. The molecule has 2 amide bonds. The van der Waals surface area contributed by atoms with Crippen molar-refractivity contribution < 1.29 is 19.0 Å². The lowest BCUT2D eigenvalue weighted by Gasteiger charge is -2.25. The van der Waals surface area contributed by atoms with Gasteiger partial charge in [0.2, 0.25) is 0 Å². The van der Waals surface area contributed by atoms with E-state index in [-0.39, 0.29) is 12.1 Å². The third kappa shape index (κ3) is 4.68. The third-order valence-corrected chi connectivity index (χ3v) is 5.29. The van der Waals surface area contributed by atoms with Crippen LogP contribution in [0.5, 0.6) is 5.75 Å². The topological polar surface area (TPSA) is 60.0 Å². The van der Waals surface area contributed by atoms with Gasteiger partial charge >= 0.3 is 6.03 Å². The largest absolute Gasteiger partial charge is 0.491 e. The molecule has 2 saturated heterocycles. The number of hydrogen-bond donors (Lipinski definition) is 1. The molecule has 4 rings (SSSR count). The molecule has 2 heterocycles. The Labute approximate surface area is 154 Å². The molecule has 0 bridgehead atoms. The fourth-order valence-corrected chi connectivity index (χ4v) is 3.58. The fourth-order valence-electron chi connectivity index (χ4n) is 3.58. The van der Waals surface area contributed by atoms with Crippen molar-refractivity contribution >= 4 is 11.7 Å². The van der Waals surface area contributed by atoms with Crippen LogP contribution in [-0.2, 0) is 9.47 Å². The monoisotopic (exact) mass is 360 g/mol. The first-order valence-electron chi connectivity index (χ1n) is 9.78. The van der Waals surface area contributed by atoms with Crippen molar-refractivity contribution in [1.82, 2.24) is 4.90 Å². The Bertz CT molecular complexity index is 590. The smallest absolute Gasteiger partial charge is 0.322 e. The highest BCUT2D eigenvalue weighted by Gasteiger charge is 2.34. The van der Waals surface area contributed by atoms with Crippen LogP contribution < -0.4 is 10.1 Å². The summed E-state index contributed by atoms with van der Waals surface area (Å²) >= 11 is 0. The lowest BCUT2D eigenvalue weighted by Crippen LogP contribution is -2.40. The summed E-state index contributed by atoms with van der Waals surface area (Å²) in [4.78, 5) is 14.7. The summed E-state index contributed by atoms with van der Waals surface area (Å²) < 4.78 is 16.8. The number of nitrogens with zero attached hydrogens (tertiary/aromatic N) is 1. The Balaban J connectivity index is 1.28. The zero-order valence-corrected chi connectivity index (χ0v) is 15.2. The molecule has 26 heavy (non-hydrogen) atoms. The molecular weight excluding hydrogens is 332 g/mol. The number of ether oxygens (including phenoxy) is 3. The minimum Gasteiger partial charge on any atom is -0.491 e. The molecule has 1 aromatic carbocycles. The third-order valence-electron chi connectivity index (χ3n) is 5.29. The summed E-state index contributed by atoms with van der Waals surface area (Å²) in [5, 5.41) is 3.03. The van der Waals surface area contributed by atoms with Gasteiger partial charge in [0.15, 0.2) is 0 Å². The van der Waals surface area contributed by atoms with Crippen LogP contribution in [0.15, 0.2) is 24.3 Å². The number of rotatable bonds is 7. The van der Waals surface area contributed by atoms with Crippen LogP contribution >= 0.6 is 0 Å². The lowest BCUT2D eigenvalue weighted by atomic mass is 10.1. The molecule has 6 heteroatoms. The standard InChI is InChI=1S/C20H28N2O4/c23-20(22(17-5-6-17)12-15-9-11-24-13-15)21-16-3-7-18(8-4-16)26-14-19-2-1-10-25-19/h3-4,7-8,15,17,19H,1-2,5-6,9-14H2,(H,21,23)/t15-,19+/m0/s1. The van der Waals surface area contributed by atoms with Gasteiger partial charge in [-0.05, 0) is 56.4 Å². The van der Waals surface area contributed by atoms with E-state index in [2.05, 4.69) is 5.32 Å². The SMILES string of the molecule is O=C(Nc1ccc(OC[C@H]2CCCO2)cc1)N(C[C@@H]1CCOC1)C1CC1. The molecule has 3 fully saturated rings. The molecule has 0 spiro atoms. The van der Waals surface area contributed by atoms with Gasteiger partial charge in [-0.25, -0.2) is 4.79 Å². The van der Waals surface area contributed by atoms with E-state index in [0.29, 0.717) is 18.6 Å². The first-order chi connectivity index (χ1) is 12.8. The Kier molecular flexibility index (Phi) is 5.60. The normalized spacial score (nSPS) is 25.2. The van der Waals surface area contributed by atoms with Crippen LogP contribution in [-0.4, -0.2) is 56.0 Å². The van der Waals surface area contributed by atoms with Crippen molar-refractivity contribution in [2.24, 2.45) is 5.92 Å². The van der Waals surface area contributed by atoms with Crippen LogP contribution in [0.1, 0.15) is 32.1 Å². The van der Waals surface area contributed by atoms with Gasteiger partial charge in [0.25, 0.3) is 0 Å². The van der Waals surface area contributed by atoms with Crippen LogP contribution in [0.25, 0.3) is 0 Å². The first-order valence-corrected chi connectivity index (χ1v) is 9.78. The lowest BCUT2D eigenvalue weighted by molar-refractivity contribution is 0.0679. The second-order valence-corrected chi connectivity index (χ2v) is 7.51. The number of carbonyl (C=O) groups excluding carboxylic acids is 1. The van der Waals surface area contributed by atoms with Crippen LogP contribution in [0, 0.1) is 5.92 Å². The Morgan fingerprint density at radius 2 is 2.00 bits per heavy atom. The van der Waals surface area contributed by atoms with E-state index >= 15 is 0 Å². The molecule has 6 nitrogen and oxygen atoms in total. The molecule has 1 saturated carbocycles. The summed E-state index contributed by atoms with van der Waals surface area (Å²) in [6, 6.07) is 7.98. The van der Waals surface area contributed by atoms with E-state index in [0.717, 1.165) is 69.9 Å². The van der Waals surface area contributed by atoms with E-state index in [1.807, 2.05) is 29.2 Å². The van der Waals surface area contributed by atoms with Gasteiger partial charge in [-0.2, -0.15) is 0 Å². The van der Waals surface area contributed by atoms with Crippen LogP contribution in [0.4, 0.5) is 10.5 Å². The highest BCUT2D eigenvalue weighted by Crippen LogP contribution is 2.30. The van der Waals surface area contributed by atoms with Crippen LogP contribution in [0.2, 0.25) is 0 Å². The van der Waals surface area contributed by atoms with Gasteiger partial charge < -0.3 is 24.4 Å².